The molecular formula is C14H9FN3O3Tl. The molecule has 6 nitrogen and oxygen atoms in total. The molecule has 0 fully saturated rings. The molecule has 0 atom stereocenters. The third-order valence-corrected chi connectivity index (χ3v) is 4.92. The number of nitro groups is 1. The number of aromatic nitrogens is 2. The molecule has 0 amide bonds. The molecule has 0 radical (unpaired) electrons. The second-order valence-corrected chi connectivity index (χ2v) is 6.62. The molecule has 0 aliphatic carbocycles. The minimum atomic E-state index is -0.492. The van der Waals surface area contributed by atoms with E-state index in [9.17, 15) is 19.6 Å². The average Bonchev–Trinajstić information content (AvgIpc) is 2.84. The Kier molecular flexibility index (Phi) is 3.91. The van der Waals surface area contributed by atoms with Gasteiger partial charge in [0.2, 0.25) is 0 Å². The molecule has 1 heterocycles. The zero-order valence-corrected chi connectivity index (χ0v) is 15.7. The number of benzene rings is 2. The van der Waals surface area contributed by atoms with Gasteiger partial charge in [-0.2, -0.15) is 0 Å². The molecule has 108 valence electrons. The molecule has 3 rings (SSSR count). The van der Waals surface area contributed by atoms with E-state index in [2.05, 4.69) is 5.10 Å². The number of hydrogen-bond donors (Lipinski definition) is 1. The summed E-state index contributed by atoms with van der Waals surface area (Å²) in [7, 11) is 0. The first-order valence-electron chi connectivity index (χ1n) is 6.33. The van der Waals surface area contributed by atoms with Crippen LogP contribution in [-0.4, -0.2) is 43.7 Å². The van der Waals surface area contributed by atoms with E-state index < -0.39 is 17.3 Å². The number of halogens is 1. The SMILES string of the molecule is O=[N+]([O-])c1ccc2c(c1)c(-c1ccc(F)c(CO)c1)n[n]2[Tl]. The fourth-order valence-electron chi connectivity index (χ4n) is 2.30. The number of nitro benzene ring substituents is 1. The number of hydrogen-bond acceptors (Lipinski definition) is 4. The van der Waals surface area contributed by atoms with E-state index in [1.807, 2.05) is 0 Å². The molecule has 0 saturated heterocycles. The van der Waals surface area contributed by atoms with Gasteiger partial charge in [0.15, 0.2) is 0 Å². The first kappa shape index (κ1) is 15.0. The van der Waals surface area contributed by atoms with E-state index in [0.29, 0.717) is 42.7 Å². The van der Waals surface area contributed by atoms with E-state index in [4.69, 9.17) is 0 Å². The first-order chi connectivity index (χ1) is 10.5. The predicted molar refractivity (Wildman–Crippen MR) is 78.9 cm³/mol. The van der Waals surface area contributed by atoms with Crippen LogP contribution in [0.3, 0.4) is 0 Å². The first-order valence-corrected chi connectivity index (χ1v) is 8.34. The van der Waals surface area contributed by atoms with Gasteiger partial charge in [-0.25, -0.2) is 0 Å². The van der Waals surface area contributed by atoms with Crippen LogP contribution in [0.2, 0.25) is 0 Å². The summed E-state index contributed by atoms with van der Waals surface area (Å²) in [4.78, 5) is 10.5. The van der Waals surface area contributed by atoms with Crippen LogP contribution < -0.4 is 0 Å². The average molecular weight is 491 g/mol. The van der Waals surface area contributed by atoms with Crippen molar-refractivity contribution in [3.8, 4) is 11.3 Å². The van der Waals surface area contributed by atoms with Gasteiger partial charge < -0.3 is 0 Å². The summed E-state index contributed by atoms with van der Waals surface area (Å²) in [5.41, 5.74) is 2.13. The van der Waals surface area contributed by atoms with E-state index >= 15 is 0 Å². The van der Waals surface area contributed by atoms with Crippen molar-refractivity contribution in [1.82, 2.24) is 7.59 Å². The topological polar surface area (TPSA) is 81.2 Å². The molecule has 0 aliphatic heterocycles. The third kappa shape index (κ3) is 2.50. The zero-order chi connectivity index (χ0) is 15.9. The Morgan fingerprint density at radius 3 is 2.77 bits per heavy atom. The Morgan fingerprint density at radius 1 is 1.32 bits per heavy atom. The van der Waals surface area contributed by atoms with Gasteiger partial charge in [0.05, 0.1) is 0 Å². The Bertz CT molecular complexity index is 894. The van der Waals surface area contributed by atoms with E-state index in [-0.39, 0.29) is 11.3 Å². The number of nitrogens with zero attached hydrogens (tertiary/aromatic N) is 3. The van der Waals surface area contributed by atoms with Gasteiger partial charge in [-0.1, -0.05) is 0 Å². The summed E-state index contributed by atoms with van der Waals surface area (Å²) < 4.78 is 15.3. The number of aliphatic hydroxyl groups excluding tert-OH is 1. The summed E-state index contributed by atoms with van der Waals surface area (Å²) in [5, 5.41) is 25.2. The van der Waals surface area contributed by atoms with Crippen molar-refractivity contribution >= 4 is 42.7 Å². The predicted octanol–water partition coefficient (Wildman–Crippen LogP) is 2.17. The van der Waals surface area contributed by atoms with Crippen molar-refractivity contribution in [3.05, 3.63) is 57.9 Å². The normalized spacial score (nSPS) is 11.0. The molecular weight excluding hydrogens is 482 g/mol. The Hall–Kier alpha value is -1.88. The van der Waals surface area contributed by atoms with Crippen molar-refractivity contribution in [3.63, 3.8) is 0 Å². The molecule has 2 aromatic carbocycles. The van der Waals surface area contributed by atoms with Crippen molar-refractivity contribution in [2.45, 2.75) is 6.61 Å². The van der Waals surface area contributed by atoms with E-state index in [1.54, 1.807) is 14.6 Å². The summed E-state index contributed by atoms with van der Waals surface area (Å²) in [6.45, 7) is -0.416. The van der Waals surface area contributed by atoms with Gasteiger partial charge in [0.25, 0.3) is 0 Å². The van der Waals surface area contributed by atoms with Gasteiger partial charge in [-0.3, -0.25) is 0 Å². The van der Waals surface area contributed by atoms with Crippen LogP contribution in [0.25, 0.3) is 22.2 Å². The van der Waals surface area contributed by atoms with Crippen LogP contribution in [0.4, 0.5) is 10.1 Å². The van der Waals surface area contributed by atoms with Gasteiger partial charge in [-0.05, 0) is 0 Å². The van der Waals surface area contributed by atoms with Crippen LogP contribution in [0, 0.1) is 15.9 Å². The Labute approximate surface area is 140 Å². The molecule has 22 heavy (non-hydrogen) atoms. The minimum absolute atomic E-state index is 0.0174. The second kappa shape index (κ2) is 5.72. The van der Waals surface area contributed by atoms with Gasteiger partial charge in [-0.15, -0.1) is 0 Å². The maximum absolute atomic E-state index is 13.5. The van der Waals surface area contributed by atoms with Crippen molar-refractivity contribution in [1.29, 1.82) is 0 Å². The number of non-ortho nitro benzene ring substituents is 1. The summed E-state index contributed by atoms with van der Waals surface area (Å²) in [6, 6.07) is 8.91. The summed E-state index contributed by atoms with van der Waals surface area (Å²) in [6.07, 6.45) is 0. The summed E-state index contributed by atoms with van der Waals surface area (Å²) >= 11 is 0.389. The quantitative estimate of drug-likeness (QED) is 0.347. The van der Waals surface area contributed by atoms with Crippen LogP contribution in [0.5, 0.6) is 0 Å². The van der Waals surface area contributed by atoms with Crippen molar-refractivity contribution < 1.29 is 14.4 Å². The van der Waals surface area contributed by atoms with Crippen molar-refractivity contribution in [2.75, 3.05) is 0 Å². The number of fused-ring (bicyclic) bond motifs is 1. The number of aliphatic hydroxyl groups is 1. The van der Waals surface area contributed by atoms with Crippen LogP contribution in [0.1, 0.15) is 5.56 Å². The Balaban J connectivity index is 2.26. The van der Waals surface area contributed by atoms with E-state index in [1.165, 1.54) is 24.3 Å². The van der Waals surface area contributed by atoms with Crippen molar-refractivity contribution in [2.24, 2.45) is 0 Å². The molecule has 1 N–H and O–H groups in total. The third-order valence-electron chi connectivity index (χ3n) is 3.39. The second-order valence-electron chi connectivity index (χ2n) is 4.72. The van der Waals surface area contributed by atoms with Gasteiger partial charge in [0.1, 0.15) is 0 Å². The number of rotatable bonds is 3. The molecule has 8 heteroatoms. The molecule has 3 aromatic rings. The maximum atomic E-state index is 13.5. The van der Waals surface area contributed by atoms with Crippen LogP contribution in [0.15, 0.2) is 36.4 Å². The van der Waals surface area contributed by atoms with E-state index in [0.717, 1.165) is 5.52 Å². The fraction of sp³-hybridized carbons (Fsp3) is 0.0714. The van der Waals surface area contributed by atoms with Gasteiger partial charge >= 0.3 is 140 Å². The standard InChI is InChI=1S/C14H9FN3O3.Tl/c15-12-3-1-8(5-9(12)7-19)14-11-6-10(18(20)21)2-4-13(11)16-17-14;/h1-6,19H,7H2;/q-1;+1. The summed E-state index contributed by atoms with van der Waals surface area (Å²) in [5.74, 6) is -0.492. The monoisotopic (exact) mass is 491 g/mol. The molecule has 0 spiro atoms. The van der Waals surface area contributed by atoms with Crippen LogP contribution >= 0.6 is 0 Å². The molecule has 0 saturated carbocycles. The zero-order valence-electron chi connectivity index (χ0n) is 11.2. The molecule has 0 bridgehead atoms. The van der Waals surface area contributed by atoms with Gasteiger partial charge in [0, 0.05) is 0 Å². The molecule has 0 aliphatic rings. The fourth-order valence-corrected chi connectivity index (χ4v) is 3.62. The molecule has 0 unspecified atom stereocenters. The molecule has 1 aromatic heterocycles. The Morgan fingerprint density at radius 2 is 2.09 bits per heavy atom. The van der Waals surface area contributed by atoms with Crippen LogP contribution in [-0.2, 0) is 6.61 Å².